The highest BCUT2D eigenvalue weighted by atomic mass is 32.2. The Morgan fingerprint density at radius 3 is 2.62 bits per heavy atom. The zero-order valence-electron chi connectivity index (χ0n) is 7.49. The third-order valence-electron chi connectivity index (χ3n) is 1.62. The number of nitrogens with two attached hydrogens (primary N) is 1. The molecule has 0 aliphatic rings. The molecule has 0 aromatic carbocycles. The summed E-state index contributed by atoms with van der Waals surface area (Å²) in [5.41, 5.74) is 0.961. The number of primary sulfonamides is 1. The van der Waals surface area contributed by atoms with Crippen LogP contribution in [-0.2, 0) is 16.6 Å². The van der Waals surface area contributed by atoms with Crippen LogP contribution >= 0.6 is 11.3 Å². The SMILES string of the molecule is CNCc1sc(S(N)(=O)=O)cc1C. The van der Waals surface area contributed by atoms with Crippen LogP contribution in [0.1, 0.15) is 10.4 Å². The third-order valence-corrected chi connectivity index (χ3v) is 4.27. The summed E-state index contributed by atoms with van der Waals surface area (Å²) < 4.78 is 22.2. The third kappa shape index (κ3) is 2.50. The van der Waals surface area contributed by atoms with Crippen molar-refractivity contribution in [2.75, 3.05) is 7.05 Å². The number of rotatable bonds is 3. The van der Waals surface area contributed by atoms with Gasteiger partial charge in [-0.3, -0.25) is 0 Å². The first-order chi connectivity index (χ1) is 5.95. The van der Waals surface area contributed by atoms with Gasteiger partial charge in [0.1, 0.15) is 4.21 Å². The molecular formula is C7H12N2O2S2. The van der Waals surface area contributed by atoms with Gasteiger partial charge in [0.05, 0.1) is 0 Å². The molecule has 0 aliphatic carbocycles. The maximum atomic E-state index is 11.0. The van der Waals surface area contributed by atoms with E-state index < -0.39 is 10.0 Å². The summed E-state index contributed by atoms with van der Waals surface area (Å²) in [6.07, 6.45) is 0. The van der Waals surface area contributed by atoms with E-state index in [0.29, 0.717) is 6.54 Å². The summed E-state index contributed by atoms with van der Waals surface area (Å²) in [6.45, 7) is 2.55. The van der Waals surface area contributed by atoms with Crippen LogP contribution in [0.15, 0.2) is 10.3 Å². The largest absolute Gasteiger partial charge is 0.315 e. The van der Waals surface area contributed by atoms with Crippen LogP contribution < -0.4 is 10.5 Å². The van der Waals surface area contributed by atoms with Crippen molar-refractivity contribution < 1.29 is 8.42 Å². The van der Waals surface area contributed by atoms with E-state index in [9.17, 15) is 8.42 Å². The van der Waals surface area contributed by atoms with Crippen molar-refractivity contribution in [1.29, 1.82) is 0 Å². The van der Waals surface area contributed by atoms with Crippen LogP contribution in [-0.4, -0.2) is 15.5 Å². The van der Waals surface area contributed by atoms with Crippen molar-refractivity contribution in [3.05, 3.63) is 16.5 Å². The Morgan fingerprint density at radius 2 is 2.23 bits per heavy atom. The molecule has 0 amide bonds. The molecule has 0 saturated carbocycles. The molecule has 1 aromatic rings. The number of aryl methyl sites for hydroxylation is 1. The van der Waals surface area contributed by atoms with E-state index in [0.717, 1.165) is 10.4 Å². The highest BCUT2D eigenvalue weighted by molar-refractivity contribution is 7.91. The van der Waals surface area contributed by atoms with Crippen LogP contribution in [0.2, 0.25) is 0 Å². The fraction of sp³-hybridized carbons (Fsp3) is 0.429. The van der Waals surface area contributed by atoms with Gasteiger partial charge < -0.3 is 5.32 Å². The van der Waals surface area contributed by atoms with Crippen molar-refractivity contribution in [2.24, 2.45) is 5.14 Å². The minimum Gasteiger partial charge on any atom is -0.315 e. The van der Waals surface area contributed by atoms with Gasteiger partial charge in [0.15, 0.2) is 0 Å². The van der Waals surface area contributed by atoms with Gasteiger partial charge in [-0.1, -0.05) is 0 Å². The molecule has 1 aromatic heterocycles. The van der Waals surface area contributed by atoms with E-state index >= 15 is 0 Å². The summed E-state index contributed by atoms with van der Waals surface area (Å²) in [6, 6.07) is 1.60. The molecule has 0 radical (unpaired) electrons. The Labute approximate surface area is 81.8 Å². The molecule has 0 saturated heterocycles. The van der Waals surface area contributed by atoms with Gasteiger partial charge in [-0.15, -0.1) is 11.3 Å². The Balaban J connectivity index is 3.09. The lowest BCUT2D eigenvalue weighted by Gasteiger charge is -1.94. The summed E-state index contributed by atoms with van der Waals surface area (Å²) in [5, 5.41) is 7.96. The van der Waals surface area contributed by atoms with Gasteiger partial charge >= 0.3 is 0 Å². The maximum Gasteiger partial charge on any atom is 0.247 e. The molecule has 13 heavy (non-hydrogen) atoms. The Morgan fingerprint density at radius 1 is 1.62 bits per heavy atom. The summed E-state index contributed by atoms with van der Waals surface area (Å²) in [5.74, 6) is 0. The second kappa shape index (κ2) is 3.75. The van der Waals surface area contributed by atoms with Crippen molar-refractivity contribution >= 4 is 21.4 Å². The second-order valence-corrected chi connectivity index (χ2v) is 5.67. The maximum absolute atomic E-state index is 11.0. The molecule has 0 atom stereocenters. The van der Waals surface area contributed by atoms with Crippen LogP contribution in [0.3, 0.4) is 0 Å². The van der Waals surface area contributed by atoms with Crippen molar-refractivity contribution in [1.82, 2.24) is 5.32 Å². The number of sulfonamides is 1. The van der Waals surface area contributed by atoms with Crippen LogP contribution in [0.5, 0.6) is 0 Å². The topological polar surface area (TPSA) is 72.2 Å². The van der Waals surface area contributed by atoms with E-state index in [2.05, 4.69) is 5.32 Å². The molecule has 0 bridgehead atoms. The van der Waals surface area contributed by atoms with E-state index in [1.54, 1.807) is 6.07 Å². The molecule has 0 aliphatic heterocycles. The summed E-state index contributed by atoms with van der Waals surface area (Å²) in [4.78, 5) is 1.01. The molecular weight excluding hydrogens is 208 g/mol. The van der Waals surface area contributed by atoms with E-state index in [1.165, 1.54) is 11.3 Å². The average molecular weight is 220 g/mol. The van der Waals surface area contributed by atoms with Gasteiger partial charge in [0, 0.05) is 11.4 Å². The van der Waals surface area contributed by atoms with Crippen molar-refractivity contribution in [2.45, 2.75) is 17.7 Å². The number of hydrogen-bond acceptors (Lipinski definition) is 4. The minimum absolute atomic E-state index is 0.232. The zero-order valence-corrected chi connectivity index (χ0v) is 9.13. The molecule has 0 spiro atoms. The van der Waals surface area contributed by atoms with Crippen molar-refractivity contribution in [3.63, 3.8) is 0 Å². The van der Waals surface area contributed by atoms with Crippen LogP contribution in [0, 0.1) is 6.92 Å². The number of hydrogen-bond donors (Lipinski definition) is 2. The van der Waals surface area contributed by atoms with E-state index in [-0.39, 0.29) is 4.21 Å². The van der Waals surface area contributed by atoms with Gasteiger partial charge in [0.25, 0.3) is 0 Å². The Kier molecular flexibility index (Phi) is 3.07. The van der Waals surface area contributed by atoms with Gasteiger partial charge in [0.2, 0.25) is 10.0 Å². The van der Waals surface area contributed by atoms with Gasteiger partial charge in [-0.2, -0.15) is 0 Å². The minimum atomic E-state index is -3.53. The first-order valence-corrected chi connectivity index (χ1v) is 6.08. The monoisotopic (exact) mass is 220 g/mol. The van der Waals surface area contributed by atoms with Gasteiger partial charge in [-0.05, 0) is 25.6 Å². The molecule has 6 heteroatoms. The van der Waals surface area contributed by atoms with E-state index in [1.807, 2.05) is 14.0 Å². The van der Waals surface area contributed by atoms with Crippen molar-refractivity contribution in [3.8, 4) is 0 Å². The first kappa shape index (κ1) is 10.6. The van der Waals surface area contributed by atoms with E-state index in [4.69, 9.17) is 5.14 Å². The Bertz CT molecular complexity index is 395. The molecule has 1 heterocycles. The molecule has 0 unspecified atom stereocenters. The molecule has 74 valence electrons. The highest BCUT2D eigenvalue weighted by Gasteiger charge is 2.13. The predicted molar refractivity (Wildman–Crippen MR) is 53.2 cm³/mol. The lowest BCUT2D eigenvalue weighted by atomic mass is 10.3. The summed E-state index contributed by atoms with van der Waals surface area (Å²) >= 11 is 1.22. The normalized spacial score (nSPS) is 11.9. The second-order valence-electron chi connectivity index (χ2n) is 2.75. The smallest absolute Gasteiger partial charge is 0.247 e. The standard InChI is InChI=1S/C7H12N2O2S2/c1-5-3-7(13(8,10)11)12-6(5)4-9-2/h3,9H,4H2,1-2H3,(H2,8,10,11). The van der Waals surface area contributed by atoms with Crippen LogP contribution in [0.4, 0.5) is 0 Å². The lowest BCUT2D eigenvalue weighted by Crippen LogP contribution is -2.10. The zero-order chi connectivity index (χ0) is 10.1. The molecule has 0 fully saturated rings. The average Bonchev–Trinajstić information content (AvgIpc) is 2.32. The predicted octanol–water partition coefficient (Wildman–Crippen LogP) is 0.423. The lowest BCUT2D eigenvalue weighted by molar-refractivity contribution is 0.599. The quantitative estimate of drug-likeness (QED) is 0.775. The van der Waals surface area contributed by atoms with Crippen LogP contribution in [0.25, 0.3) is 0 Å². The Hall–Kier alpha value is -0.430. The molecule has 1 rings (SSSR count). The summed E-state index contributed by atoms with van der Waals surface area (Å²) in [7, 11) is -1.72. The first-order valence-electron chi connectivity index (χ1n) is 3.72. The highest BCUT2D eigenvalue weighted by Crippen LogP contribution is 2.24. The number of thiophene rings is 1. The molecule has 3 N–H and O–H groups in total. The fourth-order valence-corrected chi connectivity index (χ4v) is 2.99. The fourth-order valence-electron chi connectivity index (χ4n) is 0.965. The molecule has 4 nitrogen and oxygen atoms in total. The number of nitrogens with one attached hydrogen (secondary N) is 1. The van der Waals surface area contributed by atoms with Gasteiger partial charge in [-0.25, -0.2) is 13.6 Å².